The summed E-state index contributed by atoms with van der Waals surface area (Å²) in [5.41, 5.74) is 0. The third-order valence-electron chi connectivity index (χ3n) is 2.24. The molecule has 0 bridgehead atoms. The third-order valence-corrected chi connectivity index (χ3v) is 2.24. The molecule has 0 spiro atoms. The molecule has 0 saturated carbocycles. The van der Waals surface area contributed by atoms with Crippen LogP contribution in [0.3, 0.4) is 0 Å². The van der Waals surface area contributed by atoms with Crippen molar-refractivity contribution in [1.82, 2.24) is 0 Å². The van der Waals surface area contributed by atoms with Crippen molar-refractivity contribution in [2.24, 2.45) is 0 Å². The Morgan fingerprint density at radius 1 is 0.900 bits per heavy atom. The number of hydrogen-bond donors (Lipinski definition) is 2. The molecule has 0 aromatic carbocycles. The summed E-state index contributed by atoms with van der Waals surface area (Å²) in [6.45, 7) is -0.296. The molecule has 0 radical (unpaired) electrons. The lowest BCUT2D eigenvalue weighted by molar-refractivity contribution is 0.0402. The maximum Gasteiger partial charge on any atom is 0.374 e. The molecule has 2 rings (SSSR count). The number of aromatic carboxylic acids is 2. The van der Waals surface area contributed by atoms with Crippen molar-refractivity contribution in [3.8, 4) is 0 Å². The van der Waals surface area contributed by atoms with Crippen LogP contribution in [0.15, 0.2) is 33.1 Å². The van der Waals surface area contributed by atoms with Gasteiger partial charge in [-0.25, -0.2) is 14.4 Å². The number of carboxylic acid groups (broad SMARTS) is 2. The predicted octanol–water partition coefficient (Wildman–Crippen LogP) is 1.63. The fraction of sp³-hybridized carbons (Fsp3) is 0.0833. The van der Waals surface area contributed by atoms with Crippen molar-refractivity contribution in [3.05, 3.63) is 47.3 Å². The first-order valence-electron chi connectivity index (χ1n) is 5.29. The Morgan fingerprint density at radius 2 is 1.45 bits per heavy atom. The monoisotopic (exact) mass is 280 g/mol. The average molecular weight is 280 g/mol. The van der Waals surface area contributed by atoms with Gasteiger partial charge in [-0.3, -0.25) is 0 Å². The lowest BCUT2D eigenvalue weighted by Gasteiger charge is -1.99. The number of furan rings is 2. The van der Waals surface area contributed by atoms with Crippen LogP contribution < -0.4 is 0 Å². The summed E-state index contributed by atoms with van der Waals surface area (Å²) in [5, 5.41) is 17.3. The van der Waals surface area contributed by atoms with Gasteiger partial charge in [-0.05, 0) is 24.3 Å². The second kappa shape index (κ2) is 5.31. The van der Waals surface area contributed by atoms with E-state index in [1.165, 1.54) is 12.1 Å². The molecule has 104 valence electrons. The maximum absolute atomic E-state index is 11.5. The molecule has 20 heavy (non-hydrogen) atoms. The standard InChI is InChI=1S/C12H8O8/c13-10(14)7-2-1-6(19-7)5-18-12(17)9-4-3-8(20-9)11(15)16/h1-4H,5H2,(H,13,14)(H,15,16). The summed E-state index contributed by atoms with van der Waals surface area (Å²) in [6.07, 6.45) is 0. The molecule has 2 heterocycles. The van der Waals surface area contributed by atoms with Gasteiger partial charge in [-0.1, -0.05) is 0 Å². The smallest absolute Gasteiger partial charge is 0.374 e. The fourth-order valence-electron chi connectivity index (χ4n) is 1.34. The molecule has 8 nitrogen and oxygen atoms in total. The van der Waals surface area contributed by atoms with Gasteiger partial charge in [0.15, 0.2) is 0 Å². The van der Waals surface area contributed by atoms with Crippen molar-refractivity contribution in [2.45, 2.75) is 6.61 Å². The Hall–Kier alpha value is -3.03. The Kier molecular flexibility index (Phi) is 3.56. The highest BCUT2D eigenvalue weighted by Crippen LogP contribution is 2.13. The van der Waals surface area contributed by atoms with Crippen LogP contribution in [0, 0.1) is 0 Å². The highest BCUT2D eigenvalue weighted by Gasteiger charge is 2.17. The number of hydrogen-bond acceptors (Lipinski definition) is 6. The number of rotatable bonds is 5. The van der Waals surface area contributed by atoms with E-state index in [-0.39, 0.29) is 29.6 Å². The van der Waals surface area contributed by atoms with E-state index in [4.69, 9.17) is 23.8 Å². The van der Waals surface area contributed by atoms with E-state index in [1.54, 1.807) is 0 Å². The third kappa shape index (κ3) is 2.86. The maximum atomic E-state index is 11.5. The molecule has 0 fully saturated rings. The van der Waals surface area contributed by atoms with Crippen molar-refractivity contribution >= 4 is 17.9 Å². The second-order valence-electron chi connectivity index (χ2n) is 3.62. The molecule has 0 atom stereocenters. The van der Waals surface area contributed by atoms with Gasteiger partial charge in [0.2, 0.25) is 17.3 Å². The molecular weight excluding hydrogens is 272 g/mol. The SMILES string of the molecule is O=C(O)c1ccc(COC(=O)c2ccc(C(=O)O)o2)o1. The summed E-state index contributed by atoms with van der Waals surface area (Å²) in [7, 11) is 0. The van der Waals surface area contributed by atoms with Gasteiger partial charge < -0.3 is 23.8 Å². The zero-order valence-corrected chi connectivity index (χ0v) is 9.86. The quantitative estimate of drug-likeness (QED) is 0.791. The van der Waals surface area contributed by atoms with Crippen LogP contribution in [-0.4, -0.2) is 28.1 Å². The highest BCUT2D eigenvalue weighted by atomic mass is 16.6. The van der Waals surface area contributed by atoms with E-state index in [0.717, 1.165) is 12.1 Å². The molecule has 8 heteroatoms. The first kappa shape index (κ1) is 13.4. The molecule has 0 amide bonds. The molecular formula is C12H8O8. The van der Waals surface area contributed by atoms with Crippen LogP contribution in [-0.2, 0) is 11.3 Å². The second-order valence-corrected chi connectivity index (χ2v) is 3.62. The zero-order chi connectivity index (χ0) is 14.7. The van der Waals surface area contributed by atoms with Crippen LogP contribution in [0.25, 0.3) is 0 Å². The first-order chi connectivity index (χ1) is 9.47. The van der Waals surface area contributed by atoms with E-state index in [2.05, 4.69) is 0 Å². The Labute approximate surface area is 111 Å². The van der Waals surface area contributed by atoms with Crippen LogP contribution in [0.2, 0.25) is 0 Å². The van der Waals surface area contributed by atoms with Crippen molar-refractivity contribution in [3.63, 3.8) is 0 Å². The number of esters is 1. The van der Waals surface area contributed by atoms with Gasteiger partial charge >= 0.3 is 17.9 Å². The molecule has 0 saturated heterocycles. The van der Waals surface area contributed by atoms with E-state index < -0.39 is 17.9 Å². The number of carbonyl (C=O) groups is 3. The lowest BCUT2D eigenvalue weighted by Crippen LogP contribution is -2.04. The van der Waals surface area contributed by atoms with Crippen LogP contribution in [0.5, 0.6) is 0 Å². The highest BCUT2D eigenvalue weighted by molar-refractivity contribution is 5.90. The summed E-state index contributed by atoms with van der Waals surface area (Å²) in [6, 6.07) is 4.85. The van der Waals surface area contributed by atoms with Gasteiger partial charge in [0.25, 0.3) is 0 Å². The fourth-order valence-corrected chi connectivity index (χ4v) is 1.34. The largest absolute Gasteiger partial charge is 0.475 e. The van der Waals surface area contributed by atoms with E-state index in [1.807, 2.05) is 0 Å². The number of carbonyl (C=O) groups excluding carboxylic acids is 1. The molecule has 0 aliphatic rings. The first-order valence-corrected chi connectivity index (χ1v) is 5.29. The van der Waals surface area contributed by atoms with Crippen molar-refractivity contribution in [1.29, 1.82) is 0 Å². The predicted molar refractivity (Wildman–Crippen MR) is 60.5 cm³/mol. The molecule has 2 aromatic rings. The van der Waals surface area contributed by atoms with Crippen LogP contribution in [0.1, 0.15) is 37.4 Å². The van der Waals surface area contributed by atoms with E-state index in [9.17, 15) is 14.4 Å². The van der Waals surface area contributed by atoms with Crippen LogP contribution in [0.4, 0.5) is 0 Å². The van der Waals surface area contributed by atoms with Gasteiger partial charge in [0, 0.05) is 0 Å². The lowest BCUT2D eigenvalue weighted by atomic mass is 10.4. The van der Waals surface area contributed by atoms with Gasteiger partial charge in [-0.2, -0.15) is 0 Å². The summed E-state index contributed by atoms with van der Waals surface area (Å²) in [5.74, 6) is -4.22. The summed E-state index contributed by atoms with van der Waals surface area (Å²) in [4.78, 5) is 32.7. The molecule has 0 aliphatic heterocycles. The molecule has 2 aromatic heterocycles. The van der Waals surface area contributed by atoms with Gasteiger partial charge in [0.05, 0.1) is 0 Å². The topological polar surface area (TPSA) is 127 Å². The minimum Gasteiger partial charge on any atom is -0.475 e. The van der Waals surface area contributed by atoms with E-state index in [0.29, 0.717) is 0 Å². The van der Waals surface area contributed by atoms with Crippen molar-refractivity contribution < 1.29 is 38.2 Å². The molecule has 2 N–H and O–H groups in total. The van der Waals surface area contributed by atoms with Crippen LogP contribution >= 0.6 is 0 Å². The van der Waals surface area contributed by atoms with Gasteiger partial charge in [-0.15, -0.1) is 0 Å². The Balaban J connectivity index is 1.97. The normalized spacial score (nSPS) is 10.2. The summed E-state index contributed by atoms with van der Waals surface area (Å²) < 4.78 is 14.4. The number of ether oxygens (including phenoxy) is 1. The number of carboxylic acids is 2. The van der Waals surface area contributed by atoms with Gasteiger partial charge in [0.1, 0.15) is 12.4 Å². The molecule has 0 aliphatic carbocycles. The Bertz CT molecular complexity index is 663. The summed E-state index contributed by atoms with van der Waals surface area (Å²) >= 11 is 0. The van der Waals surface area contributed by atoms with E-state index >= 15 is 0 Å². The van der Waals surface area contributed by atoms with Crippen molar-refractivity contribution in [2.75, 3.05) is 0 Å². The Morgan fingerprint density at radius 3 is 2.00 bits per heavy atom. The zero-order valence-electron chi connectivity index (χ0n) is 9.86. The average Bonchev–Trinajstić information content (AvgIpc) is 3.05. The minimum absolute atomic E-state index is 0.140. The minimum atomic E-state index is -1.30. The molecule has 0 unspecified atom stereocenters.